The van der Waals surface area contributed by atoms with Gasteiger partial charge in [-0.25, -0.2) is 9.97 Å². The van der Waals surface area contributed by atoms with Crippen LogP contribution in [0.2, 0.25) is 0 Å². The maximum atomic E-state index is 12.2. The fourth-order valence-corrected chi connectivity index (χ4v) is 2.75. The van der Waals surface area contributed by atoms with E-state index in [-0.39, 0.29) is 5.91 Å². The van der Waals surface area contributed by atoms with Crippen molar-refractivity contribution >= 4 is 11.9 Å². The monoisotopic (exact) mass is 376 g/mol. The van der Waals surface area contributed by atoms with Crippen LogP contribution in [0.5, 0.6) is 5.75 Å². The van der Waals surface area contributed by atoms with Gasteiger partial charge in [-0.15, -0.1) is 0 Å². The number of nitrogens with one attached hydrogen (secondary N) is 2. The summed E-state index contributed by atoms with van der Waals surface area (Å²) in [4.78, 5) is 20.7. The van der Waals surface area contributed by atoms with E-state index in [4.69, 9.17) is 4.74 Å². The molecule has 0 fully saturated rings. The molecule has 2 aromatic carbocycles. The summed E-state index contributed by atoms with van der Waals surface area (Å²) in [6.07, 6.45) is 4.69. The Hall–Kier alpha value is -3.41. The Bertz CT molecular complexity index is 883. The van der Waals surface area contributed by atoms with Gasteiger partial charge in [-0.05, 0) is 36.1 Å². The first-order valence-electron chi connectivity index (χ1n) is 9.25. The van der Waals surface area contributed by atoms with Gasteiger partial charge in [0.15, 0.2) is 0 Å². The summed E-state index contributed by atoms with van der Waals surface area (Å²) in [5.41, 5.74) is 2.80. The van der Waals surface area contributed by atoms with E-state index in [2.05, 4.69) is 32.7 Å². The number of benzene rings is 2. The second-order valence-electron chi connectivity index (χ2n) is 6.32. The van der Waals surface area contributed by atoms with Gasteiger partial charge in [0.1, 0.15) is 5.75 Å². The summed E-state index contributed by atoms with van der Waals surface area (Å²) >= 11 is 0. The second kappa shape index (κ2) is 10.1. The molecule has 3 aromatic rings. The molecular formula is C22H24N4O2. The SMILES string of the molecule is COc1cccc(CCNC(=O)c2cnc(NCCc3ccccc3)nc2)c1. The second-order valence-corrected chi connectivity index (χ2v) is 6.32. The van der Waals surface area contributed by atoms with Crippen molar-refractivity contribution in [3.8, 4) is 5.75 Å². The highest BCUT2D eigenvalue weighted by Gasteiger charge is 2.07. The standard InChI is InChI=1S/C22H24N4O2/c1-28-20-9-5-8-18(14-20)11-12-23-21(27)19-15-25-22(26-16-19)24-13-10-17-6-3-2-4-7-17/h2-9,14-16H,10-13H2,1H3,(H,23,27)(H,24,25,26). The molecular weight excluding hydrogens is 352 g/mol. The zero-order valence-corrected chi connectivity index (χ0v) is 15.9. The summed E-state index contributed by atoms with van der Waals surface area (Å²) in [6, 6.07) is 18.0. The highest BCUT2D eigenvalue weighted by Crippen LogP contribution is 2.12. The molecule has 3 rings (SSSR count). The van der Waals surface area contributed by atoms with Crippen LogP contribution in [-0.2, 0) is 12.8 Å². The van der Waals surface area contributed by atoms with Crippen LogP contribution in [-0.4, -0.2) is 36.1 Å². The first-order valence-corrected chi connectivity index (χ1v) is 9.25. The Morgan fingerprint density at radius 3 is 2.39 bits per heavy atom. The molecule has 0 aliphatic carbocycles. The number of rotatable bonds is 9. The van der Waals surface area contributed by atoms with Gasteiger partial charge in [-0.1, -0.05) is 42.5 Å². The number of carbonyl (C=O) groups excluding carboxylic acids is 1. The number of amides is 1. The minimum atomic E-state index is -0.182. The zero-order chi connectivity index (χ0) is 19.6. The number of anilines is 1. The number of ether oxygens (including phenoxy) is 1. The largest absolute Gasteiger partial charge is 0.497 e. The predicted molar refractivity (Wildman–Crippen MR) is 110 cm³/mol. The third kappa shape index (κ3) is 5.81. The van der Waals surface area contributed by atoms with Crippen LogP contribution in [0, 0.1) is 0 Å². The molecule has 0 unspecified atom stereocenters. The van der Waals surface area contributed by atoms with Crippen molar-refractivity contribution < 1.29 is 9.53 Å². The van der Waals surface area contributed by atoms with E-state index >= 15 is 0 Å². The van der Waals surface area contributed by atoms with Gasteiger partial charge in [0.2, 0.25) is 5.95 Å². The zero-order valence-electron chi connectivity index (χ0n) is 15.9. The van der Waals surface area contributed by atoms with Gasteiger partial charge >= 0.3 is 0 Å². The molecule has 0 aliphatic rings. The summed E-state index contributed by atoms with van der Waals surface area (Å²) < 4.78 is 5.21. The van der Waals surface area contributed by atoms with E-state index in [9.17, 15) is 4.79 Å². The molecule has 0 saturated heterocycles. The molecule has 28 heavy (non-hydrogen) atoms. The lowest BCUT2D eigenvalue weighted by atomic mass is 10.1. The van der Waals surface area contributed by atoms with E-state index < -0.39 is 0 Å². The minimum Gasteiger partial charge on any atom is -0.497 e. The van der Waals surface area contributed by atoms with Crippen LogP contribution in [0.4, 0.5) is 5.95 Å². The van der Waals surface area contributed by atoms with Crippen LogP contribution in [0.3, 0.4) is 0 Å². The molecule has 6 heteroatoms. The fraction of sp³-hybridized carbons (Fsp3) is 0.227. The van der Waals surface area contributed by atoms with Crippen LogP contribution < -0.4 is 15.4 Å². The number of aromatic nitrogens is 2. The average Bonchev–Trinajstić information content (AvgIpc) is 2.75. The van der Waals surface area contributed by atoms with Gasteiger partial charge in [-0.2, -0.15) is 0 Å². The van der Waals surface area contributed by atoms with Gasteiger partial charge in [0.05, 0.1) is 12.7 Å². The van der Waals surface area contributed by atoms with E-state index in [1.54, 1.807) is 19.5 Å². The lowest BCUT2D eigenvalue weighted by molar-refractivity contribution is 0.0953. The topological polar surface area (TPSA) is 76.1 Å². The third-order valence-corrected chi connectivity index (χ3v) is 4.29. The molecule has 0 spiro atoms. The first-order chi connectivity index (χ1) is 13.7. The number of hydrogen-bond acceptors (Lipinski definition) is 5. The van der Waals surface area contributed by atoms with Crippen molar-refractivity contribution in [3.05, 3.63) is 83.7 Å². The summed E-state index contributed by atoms with van der Waals surface area (Å²) in [7, 11) is 1.64. The number of carbonyl (C=O) groups is 1. The molecule has 1 heterocycles. The van der Waals surface area contributed by atoms with Crippen LogP contribution in [0.25, 0.3) is 0 Å². The first kappa shape index (κ1) is 19.4. The highest BCUT2D eigenvalue weighted by atomic mass is 16.5. The smallest absolute Gasteiger partial charge is 0.254 e. The summed E-state index contributed by atoms with van der Waals surface area (Å²) in [5.74, 6) is 1.15. The molecule has 0 bridgehead atoms. The molecule has 6 nitrogen and oxygen atoms in total. The highest BCUT2D eigenvalue weighted by molar-refractivity contribution is 5.93. The lowest BCUT2D eigenvalue weighted by Crippen LogP contribution is -2.26. The lowest BCUT2D eigenvalue weighted by Gasteiger charge is -2.08. The molecule has 144 valence electrons. The Morgan fingerprint density at radius 1 is 0.929 bits per heavy atom. The van der Waals surface area contributed by atoms with Crippen molar-refractivity contribution in [1.82, 2.24) is 15.3 Å². The molecule has 0 aliphatic heterocycles. The van der Waals surface area contributed by atoms with Gasteiger partial charge in [0.25, 0.3) is 5.91 Å². The fourth-order valence-electron chi connectivity index (χ4n) is 2.75. The van der Waals surface area contributed by atoms with Crippen molar-refractivity contribution in [2.45, 2.75) is 12.8 Å². The molecule has 0 saturated carbocycles. The Labute approximate surface area is 165 Å². The maximum Gasteiger partial charge on any atom is 0.254 e. The van der Waals surface area contributed by atoms with Crippen LogP contribution in [0.1, 0.15) is 21.5 Å². The third-order valence-electron chi connectivity index (χ3n) is 4.29. The molecule has 0 radical (unpaired) electrons. The summed E-state index contributed by atoms with van der Waals surface area (Å²) in [6.45, 7) is 1.26. The molecule has 1 aromatic heterocycles. The number of methoxy groups -OCH3 is 1. The maximum absolute atomic E-state index is 12.2. The van der Waals surface area contributed by atoms with E-state index in [1.807, 2.05) is 42.5 Å². The van der Waals surface area contributed by atoms with Gasteiger partial charge in [-0.3, -0.25) is 4.79 Å². The van der Waals surface area contributed by atoms with E-state index in [1.165, 1.54) is 5.56 Å². The van der Waals surface area contributed by atoms with E-state index in [0.29, 0.717) is 18.1 Å². The van der Waals surface area contributed by atoms with Crippen molar-refractivity contribution in [3.63, 3.8) is 0 Å². The quantitative estimate of drug-likeness (QED) is 0.600. The molecule has 1 amide bonds. The van der Waals surface area contributed by atoms with Crippen molar-refractivity contribution in [2.24, 2.45) is 0 Å². The van der Waals surface area contributed by atoms with Crippen LogP contribution >= 0.6 is 0 Å². The Balaban J connectivity index is 1.42. The molecule has 0 atom stereocenters. The number of nitrogens with zero attached hydrogens (tertiary/aromatic N) is 2. The Kier molecular flexibility index (Phi) is 6.95. The number of hydrogen-bond donors (Lipinski definition) is 2. The van der Waals surface area contributed by atoms with Crippen molar-refractivity contribution in [1.29, 1.82) is 0 Å². The normalized spacial score (nSPS) is 10.3. The average molecular weight is 376 g/mol. The Morgan fingerprint density at radius 2 is 1.64 bits per heavy atom. The summed E-state index contributed by atoms with van der Waals surface area (Å²) in [5, 5.41) is 6.06. The van der Waals surface area contributed by atoms with Crippen molar-refractivity contribution in [2.75, 3.05) is 25.5 Å². The van der Waals surface area contributed by atoms with Gasteiger partial charge in [0, 0.05) is 25.5 Å². The van der Waals surface area contributed by atoms with Gasteiger partial charge < -0.3 is 15.4 Å². The van der Waals surface area contributed by atoms with Crippen LogP contribution in [0.15, 0.2) is 67.0 Å². The predicted octanol–water partition coefficient (Wildman–Crippen LogP) is 3.11. The minimum absolute atomic E-state index is 0.182. The molecule has 2 N–H and O–H groups in total. The van der Waals surface area contributed by atoms with E-state index in [0.717, 1.165) is 30.7 Å².